The van der Waals surface area contributed by atoms with Gasteiger partial charge in [-0.15, -0.1) is 0 Å². The third-order valence-electron chi connectivity index (χ3n) is 3.66. The number of aliphatic hydroxyl groups is 1. The Bertz CT molecular complexity index is 152. The lowest BCUT2D eigenvalue weighted by Crippen LogP contribution is -2.50. The van der Waals surface area contributed by atoms with Gasteiger partial charge in [-0.2, -0.15) is 0 Å². The van der Waals surface area contributed by atoms with Crippen molar-refractivity contribution in [3.63, 3.8) is 0 Å². The van der Waals surface area contributed by atoms with Gasteiger partial charge in [0.1, 0.15) is 0 Å². The first-order chi connectivity index (χ1) is 6.13. The van der Waals surface area contributed by atoms with E-state index in [1.54, 1.807) is 0 Å². The van der Waals surface area contributed by atoms with Crippen LogP contribution >= 0.6 is 0 Å². The van der Waals surface area contributed by atoms with Crippen molar-refractivity contribution in [2.75, 3.05) is 13.7 Å². The van der Waals surface area contributed by atoms with Crippen LogP contribution in [0.5, 0.6) is 0 Å². The lowest BCUT2D eigenvalue weighted by Gasteiger charge is -2.41. The first-order valence-corrected chi connectivity index (χ1v) is 5.43. The molecule has 0 amide bonds. The fourth-order valence-corrected chi connectivity index (χ4v) is 2.43. The van der Waals surface area contributed by atoms with Crippen molar-refractivity contribution in [2.24, 2.45) is 11.8 Å². The number of hydrogen-bond donors (Lipinski definition) is 2. The van der Waals surface area contributed by atoms with E-state index in [9.17, 15) is 5.11 Å². The highest BCUT2D eigenvalue weighted by Gasteiger charge is 2.35. The Kier molecular flexibility index (Phi) is 3.74. The van der Waals surface area contributed by atoms with Gasteiger partial charge in [0.15, 0.2) is 0 Å². The van der Waals surface area contributed by atoms with Gasteiger partial charge < -0.3 is 10.4 Å². The van der Waals surface area contributed by atoms with Crippen LogP contribution in [0.15, 0.2) is 0 Å². The van der Waals surface area contributed by atoms with Gasteiger partial charge in [-0.25, -0.2) is 0 Å². The molecule has 0 heterocycles. The molecule has 2 atom stereocenters. The van der Waals surface area contributed by atoms with Gasteiger partial charge in [-0.1, -0.05) is 26.7 Å². The minimum absolute atomic E-state index is 0.0210. The van der Waals surface area contributed by atoms with Gasteiger partial charge in [-0.3, -0.25) is 0 Å². The zero-order valence-electron chi connectivity index (χ0n) is 9.14. The van der Waals surface area contributed by atoms with E-state index in [-0.39, 0.29) is 12.1 Å². The Balaban J connectivity index is 2.58. The summed E-state index contributed by atoms with van der Waals surface area (Å²) in [5, 5.41) is 12.7. The smallest absolute Gasteiger partial charge is 0.0613 e. The predicted molar refractivity (Wildman–Crippen MR) is 55.7 cm³/mol. The van der Waals surface area contributed by atoms with Crippen molar-refractivity contribution >= 4 is 0 Å². The normalized spacial score (nSPS) is 35.3. The summed E-state index contributed by atoms with van der Waals surface area (Å²) in [4.78, 5) is 0. The lowest BCUT2D eigenvalue weighted by molar-refractivity contribution is 0.0876. The molecule has 2 nitrogen and oxygen atoms in total. The lowest BCUT2D eigenvalue weighted by atomic mass is 9.72. The first-order valence-electron chi connectivity index (χ1n) is 5.43. The molecule has 2 heteroatoms. The molecule has 0 bridgehead atoms. The topological polar surface area (TPSA) is 32.3 Å². The molecule has 2 N–H and O–H groups in total. The highest BCUT2D eigenvalue weighted by molar-refractivity contribution is 4.92. The summed E-state index contributed by atoms with van der Waals surface area (Å²) in [5.74, 6) is 1.54. The molecule has 1 saturated carbocycles. The molecule has 1 aliphatic rings. The van der Waals surface area contributed by atoms with E-state index in [0.717, 1.165) is 24.7 Å². The third-order valence-corrected chi connectivity index (χ3v) is 3.66. The van der Waals surface area contributed by atoms with Crippen molar-refractivity contribution < 1.29 is 5.11 Å². The molecule has 0 aromatic heterocycles. The van der Waals surface area contributed by atoms with Crippen molar-refractivity contribution in [1.82, 2.24) is 5.32 Å². The van der Waals surface area contributed by atoms with Gasteiger partial charge in [0.25, 0.3) is 0 Å². The van der Waals surface area contributed by atoms with E-state index in [4.69, 9.17) is 0 Å². The molecule has 1 aliphatic carbocycles. The molecular weight excluding hydrogens is 162 g/mol. The van der Waals surface area contributed by atoms with Crippen LogP contribution in [-0.4, -0.2) is 24.3 Å². The molecule has 0 saturated heterocycles. The molecule has 0 radical (unpaired) electrons. The van der Waals surface area contributed by atoms with Crippen LogP contribution in [0.25, 0.3) is 0 Å². The van der Waals surface area contributed by atoms with Gasteiger partial charge in [0, 0.05) is 5.54 Å². The van der Waals surface area contributed by atoms with Crippen LogP contribution in [-0.2, 0) is 0 Å². The molecule has 2 unspecified atom stereocenters. The van der Waals surface area contributed by atoms with Crippen LogP contribution in [0.4, 0.5) is 0 Å². The SMILES string of the molecule is CNC1(CO)CCCC(C(C)C)C1. The maximum Gasteiger partial charge on any atom is 0.0613 e. The molecule has 0 aromatic carbocycles. The largest absolute Gasteiger partial charge is 0.394 e. The molecule has 1 fully saturated rings. The van der Waals surface area contributed by atoms with Crippen LogP contribution in [0.1, 0.15) is 39.5 Å². The average Bonchev–Trinajstić information content (AvgIpc) is 2.18. The Labute approximate surface area is 81.7 Å². The standard InChI is InChI=1S/C11H23NO/c1-9(2)10-5-4-6-11(7-10,8-13)12-3/h9-10,12-13H,4-8H2,1-3H3. The second-order valence-electron chi connectivity index (χ2n) is 4.79. The second-order valence-corrected chi connectivity index (χ2v) is 4.79. The summed E-state index contributed by atoms with van der Waals surface area (Å²) in [6.07, 6.45) is 4.85. The van der Waals surface area contributed by atoms with Gasteiger partial charge in [0.2, 0.25) is 0 Å². The average molecular weight is 185 g/mol. The van der Waals surface area contributed by atoms with Crippen molar-refractivity contribution in [3.8, 4) is 0 Å². The molecule has 1 rings (SSSR count). The van der Waals surface area contributed by atoms with E-state index in [2.05, 4.69) is 19.2 Å². The number of rotatable bonds is 3. The van der Waals surface area contributed by atoms with E-state index in [0.29, 0.717) is 0 Å². The summed E-state index contributed by atoms with van der Waals surface area (Å²) in [6.45, 7) is 4.86. The summed E-state index contributed by atoms with van der Waals surface area (Å²) in [7, 11) is 1.97. The molecule has 13 heavy (non-hydrogen) atoms. The maximum absolute atomic E-state index is 9.38. The summed E-state index contributed by atoms with van der Waals surface area (Å²) >= 11 is 0. The third kappa shape index (κ3) is 2.44. The van der Waals surface area contributed by atoms with E-state index >= 15 is 0 Å². The summed E-state index contributed by atoms with van der Waals surface area (Å²) in [6, 6.07) is 0. The number of hydrogen-bond acceptors (Lipinski definition) is 2. The van der Waals surface area contributed by atoms with E-state index in [1.165, 1.54) is 12.8 Å². The monoisotopic (exact) mass is 185 g/mol. The summed E-state index contributed by atoms with van der Waals surface area (Å²) in [5.41, 5.74) is 0.0210. The van der Waals surface area contributed by atoms with E-state index < -0.39 is 0 Å². The minimum atomic E-state index is 0.0210. The fraction of sp³-hybridized carbons (Fsp3) is 1.00. The quantitative estimate of drug-likeness (QED) is 0.702. The van der Waals surface area contributed by atoms with Crippen molar-refractivity contribution in [3.05, 3.63) is 0 Å². The zero-order valence-corrected chi connectivity index (χ0v) is 9.14. The van der Waals surface area contributed by atoms with Crippen LogP contribution in [0, 0.1) is 11.8 Å². The number of likely N-dealkylation sites (N-methyl/N-ethyl adjacent to an activating group) is 1. The Hall–Kier alpha value is -0.0800. The van der Waals surface area contributed by atoms with Gasteiger partial charge in [-0.05, 0) is 31.7 Å². The highest BCUT2D eigenvalue weighted by atomic mass is 16.3. The van der Waals surface area contributed by atoms with Gasteiger partial charge >= 0.3 is 0 Å². The van der Waals surface area contributed by atoms with Crippen LogP contribution in [0.3, 0.4) is 0 Å². The van der Waals surface area contributed by atoms with Crippen LogP contribution < -0.4 is 5.32 Å². The predicted octanol–water partition coefficient (Wildman–Crippen LogP) is 1.78. The zero-order chi connectivity index (χ0) is 9.90. The summed E-state index contributed by atoms with van der Waals surface area (Å²) < 4.78 is 0. The Morgan fingerprint density at radius 3 is 2.69 bits per heavy atom. The van der Waals surface area contributed by atoms with Crippen molar-refractivity contribution in [2.45, 2.75) is 45.1 Å². The number of aliphatic hydroxyl groups excluding tert-OH is 1. The molecule has 0 aliphatic heterocycles. The molecule has 0 aromatic rings. The highest BCUT2D eigenvalue weighted by Crippen LogP contribution is 2.35. The van der Waals surface area contributed by atoms with E-state index in [1.807, 2.05) is 7.05 Å². The Morgan fingerprint density at radius 1 is 1.54 bits per heavy atom. The van der Waals surface area contributed by atoms with Crippen LogP contribution in [0.2, 0.25) is 0 Å². The number of nitrogens with one attached hydrogen (secondary N) is 1. The first kappa shape index (κ1) is 11.0. The second kappa shape index (κ2) is 4.43. The fourth-order valence-electron chi connectivity index (χ4n) is 2.43. The molecular formula is C11H23NO. The Morgan fingerprint density at radius 2 is 2.23 bits per heavy atom. The van der Waals surface area contributed by atoms with Gasteiger partial charge in [0.05, 0.1) is 6.61 Å². The van der Waals surface area contributed by atoms with Crippen molar-refractivity contribution in [1.29, 1.82) is 0 Å². The minimum Gasteiger partial charge on any atom is -0.394 e. The maximum atomic E-state index is 9.38. The molecule has 0 spiro atoms. The molecule has 78 valence electrons.